The van der Waals surface area contributed by atoms with Crippen molar-refractivity contribution in [1.82, 2.24) is 15.6 Å². The van der Waals surface area contributed by atoms with E-state index in [9.17, 15) is 9.90 Å². The van der Waals surface area contributed by atoms with E-state index < -0.39 is 0 Å². The van der Waals surface area contributed by atoms with E-state index in [0.717, 1.165) is 11.6 Å². The Bertz CT molecular complexity index is 380. The van der Waals surface area contributed by atoms with Crippen molar-refractivity contribution in [3.05, 3.63) is 16.1 Å². The quantitative estimate of drug-likeness (QED) is 0.683. The number of hydrogen-bond acceptors (Lipinski definition) is 5. The van der Waals surface area contributed by atoms with Gasteiger partial charge in [0, 0.05) is 25.6 Å². The van der Waals surface area contributed by atoms with Crippen molar-refractivity contribution in [2.24, 2.45) is 5.92 Å². The van der Waals surface area contributed by atoms with E-state index in [2.05, 4.69) is 15.6 Å². The summed E-state index contributed by atoms with van der Waals surface area (Å²) in [6.07, 6.45) is 1.22. The highest BCUT2D eigenvalue weighted by Crippen LogP contribution is 2.12. The van der Waals surface area contributed by atoms with Gasteiger partial charge in [0.2, 0.25) is 0 Å². The van der Waals surface area contributed by atoms with Crippen LogP contribution in [0.25, 0.3) is 0 Å². The molecule has 0 saturated carbocycles. The van der Waals surface area contributed by atoms with Gasteiger partial charge in [-0.15, -0.1) is 11.3 Å². The summed E-state index contributed by atoms with van der Waals surface area (Å²) in [5.41, 5.74) is 0. The summed E-state index contributed by atoms with van der Waals surface area (Å²) in [5.74, 6) is 0.00247. The predicted molar refractivity (Wildman–Crippen MR) is 61.6 cm³/mol. The maximum atomic E-state index is 11.7. The summed E-state index contributed by atoms with van der Waals surface area (Å²) in [6, 6.07) is 0. The molecule has 1 aromatic heterocycles. The zero-order valence-corrected chi connectivity index (χ0v) is 9.88. The second-order valence-corrected chi connectivity index (χ2v) is 5.17. The Morgan fingerprint density at radius 1 is 1.75 bits per heavy atom. The fourth-order valence-corrected chi connectivity index (χ4v) is 2.40. The van der Waals surface area contributed by atoms with Crippen molar-refractivity contribution in [2.45, 2.75) is 13.0 Å². The van der Waals surface area contributed by atoms with E-state index in [1.165, 1.54) is 11.3 Å². The molecule has 2 rings (SSSR count). The number of rotatable bonds is 3. The number of thiazole rings is 1. The van der Waals surface area contributed by atoms with Gasteiger partial charge in [0.25, 0.3) is 5.91 Å². The summed E-state index contributed by atoms with van der Waals surface area (Å²) < 4.78 is 0. The minimum atomic E-state index is -0.358. The van der Waals surface area contributed by atoms with Crippen LogP contribution in [0.4, 0.5) is 0 Å². The summed E-state index contributed by atoms with van der Waals surface area (Å²) in [4.78, 5) is 16.3. The number of aliphatic hydroxyl groups is 1. The van der Waals surface area contributed by atoms with E-state index in [1.54, 1.807) is 6.20 Å². The number of aliphatic hydroxyl groups excluding tert-OH is 1. The largest absolute Gasteiger partial charge is 0.391 e. The lowest BCUT2D eigenvalue weighted by Crippen LogP contribution is -2.34. The van der Waals surface area contributed by atoms with Gasteiger partial charge in [-0.1, -0.05) is 0 Å². The first-order chi connectivity index (χ1) is 7.66. The number of carbonyl (C=O) groups excluding carboxylic acids is 1. The standard InChI is InChI=1S/C10H15N3O2S/c1-6-12-5-9(16-6)10(15)13-3-7-2-11-4-8(7)14/h5,7-8,11,14H,2-4H2,1H3,(H,13,15). The van der Waals surface area contributed by atoms with Crippen molar-refractivity contribution >= 4 is 17.2 Å². The van der Waals surface area contributed by atoms with Gasteiger partial charge in [-0.25, -0.2) is 4.98 Å². The summed E-state index contributed by atoms with van der Waals surface area (Å²) in [7, 11) is 0. The van der Waals surface area contributed by atoms with Crippen LogP contribution in [0, 0.1) is 12.8 Å². The molecule has 3 N–H and O–H groups in total. The van der Waals surface area contributed by atoms with Crippen LogP contribution in [-0.2, 0) is 0 Å². The molecule has 0 aliphatic carbocycles. The molecule has 1 aliphatic heterocycles. The summed E-state index contributed by atoms with van der Waals surface area (Å²) in [5, 5.41) is 16.3. The highest BCUT2D eigenvalue weighted by molar-refractivity contribution is 7.13. The molecule has 1 saturated heterocycles. The highest BCUT2D eigenvalue weighted by atomic mass is 32.1. The molecule has 2 heterocycles. The van der Waals surface area contributed by atoms with Crippen LogP contribution >= 0.6 is 11.3 Å². The second-order valence-electron chi connectivity index (χ2n) is 3.94. The van der Waals surface area contributed by atoms with E-state index >= 15 is 0 Å². The summed E-state index contributed by atoms with van der Waals surface area (Å²) >= 11 is 1.38. The van der Waals surface area contributed by atoms with Gasteiger partial charge in [0.05, 0.1) is 17.3 Å². The van der Waals surface area contributed by atoms with Crippen LogP contribution in [0.2, 0.25) is 0 Å². The van der Waals surface area contributed by atoms with Crippen molar-refractivity contribution in [2.75, 3.05) is 19.6 Å². The molecule has 2 atom stereocenters. The highest BCUT2D eigenvalue weighted by Gasteiger charge is 2.25. The SMILES string of the molecule is Cc1ncc(C(=O)NCC2CNCC2O)s1. The topological polar surface area (TPSA) is 74.2 Å². The van der Waals surface area contributed by atoms with Gasteiger partial charge in [-0.3, -0.25) is 4.79 Å². The fraction of sp³-hybridized carbons (Fsp3) is 0.600. The van der Waals surface area contributed by atoms with Crippen LogP contribution in [0.3, 0.4) is 0 Å². The molecule has 1 amide bonds. The number of β-amino-alcohol motifs (C(OH)–C–C–N with tert-alkyl or cyclic N) is 1. The molecule has 1 fully saturated rings. The number of carbonyl (C=O) groups is 1. The zero-order valence-electron chi connectivity index (χ0n) is 9.06. The average molecular weight is 241 g/mol. The molecule has 0 radical (unpaired) electrons. The smallest absolute Gasteiger partial charge is 0.263 e. The van der Waals surface area contributed by atoms with Crippen molar-refractivity contribution in [3.8, 4) is 0 Å². The predicted octanol–water partition coefficient (Wildman–Crippen LogP) is -0.238. The molecule has 1 aromatic rings. The molecule has 16 heavy (non-hydrogen) atoms. The third-order valence-corrected chi connectivity index (χ3v) is 3.59. The molecular formula is C10H15N3O2S. The molecule has 0 spiro atoms. The van der Waals surface area contributed by atoms with Gasteiger partial charge in [0.1, 0.15) is 4.88 Å². The lowest BCUT2D eigenvalue weighted by Gasteiger charge is -2.13. The first-order valence-corrected chi connectivity index (χ1v) is 6.08. The first kappa shape index (κ1) is 11.5. The molecule has 5 nitrogen and oxygen atoms in total. The van der Waals surface area contributed by atoms with Crippen molar-refractivity contribution < 1.29 is 9.90 Å². The maximum absolute atomic E-state index is 11.7. The molecule has 0 aromatic carbocycles. The van der Waals surface area contributed by atoms with Gasteiger partial charge < -0.3 is 15.7 Å². The van der Waals surface area contributed by atoms with Crippen molar-refractivity contribution in [3.63, 3.8) is 0 Å². The maximum Gasteiger partial charge on any atom is 0.263 e. The van der Waals surface area contributed by atoms with Crippen LogP contribution in [0.1, 0.15) is 14.7 Å². The number of nitrogens with one attached hydrogen (secondary N) is 2. The lowest BCUT2D eigenvalue weighted by molar-refractivity contribution is 0.0931. The normalized spacial score (nSPS) is 24.6. The molecule has 2 unspecified atom stereocenters. The monoisotopic (exact) mass is 241 g/mol. The van der Waals surface area contributed by atoms with E-state index in [0.29, 0.717) is 18.0 Å². The van der Waals surface area contributed by atoms with Crippen LogP contribution in [0.5, 0.6) is 0 Å². The third kappa shape index (κ3) is 2.58. The Kier molecular flexibility index (Phi) is 3.52. The van der Waals surface area contributed by atoms with E-state index in [1.807, 2.05) is 6.92 Å². The summed E-state index contributed by atoms with van der Waals surface area (Å²) in [6.45, 7) is 3.74. The van der Waals surface area contributed by atoms with Crippen LogP contribution < -0.4 is 10.6 Å². The molecule has 1 aliphatic rings. The Morgan fingerprint density at radius 2 is 2.56 bits per heavy atom. The number of nitrogens with zero attached hydrogens (tertiary/aromatic N) is 1. The van der Waals surface area contributed by atoms with E-state index in [4.69, 9.17) is 0 Å². The van der Waals surface area contributed by atoms with E-state index in [-0.39, 0.29) is 17.9 Å². The molecule has 88 valence electrons. The number of hydrogen-bond donors (Lipinski definition) is 3. The Balaban J connectivity index is 1.84. The Morgan fingerprint density at radius 3 is 3.12 bits per heavy atom. The van der Waals surface area contributed by atoms with Gasteiger partial charge in [-0.2, -0.15) is 0 Å². The number of aromatic nitrogens is 1. The number of aryl methyl sites for hydroxylation is 1. The first-order valence-electron chi connectivity index (χ1n) is 5.26. The second kappa shape index (κ2) is 4.90. The van der Waals surface area contributed by atoms with Crippen molar-refractivity contribution in [1.29, 1.82) is 0 Å². The minimum absolute atomic E-state index is 0.107. The zero-order chi connectivity index (χ0) is 11.5. The lowest BCUT2D eigenvalue weighted by atomic mass is 10.1. The van der Waals surface area contributed by atoms with Gasteiger partial charge in [-0.05, 0) is 6.92 Å². The average Bonchev–Trinajstić information content (AvgIpc) is 2.84. The Labute approximate surface area is 97.9 Å². The van der Waals surface area contributed by atoms with Gasteiger partial charge >= 0.3 is 0 Å². The molecule has 0 bridgehead atoms. The fourth-order valence-electron chi connectivity index (χ4n) is 1.70. The molecule has 6 heteroatoms. The van der Waals surface area contributed by atoms with Crippen LogP contribution in [0.15, 0.2) is 6.20 Å². The molecular weight excluding hydrogens is 226 g/mol. The van der Waals surface area contributed by atoms with Crippen LogP contribution in [-0.4, -0.2) is 41.7 Å². The Hall–Kier alpha value is -0.980. The third-order valence-electron chi connectivity index (χ3n) is 2.67. The van der Waals surface area contributed by atoms with Gasteiger partial charge in [0.15, 0.2) is 0 Å². The minimum Gasteiger partial charge on any atom is -0.391 e. The number of amides is 1.